The number of aliphatic carboxylic acids is 1. The van der Waals surface area contributed by atoms with Crippen molar-refractivity contribution in [1.29, 1.82) is 0 Å². The molecule has 0 aromatic heterocycles. The van der Waals surface area contributed by atoms with Crippen molar-refractivity contribution in [3.05, 3.63) is 94.0 Å². The Morgan fingerprint density at radius 1 is 0.886 bits per heavy atom. The summed E-state index contributed by atoms with van der Waals surface area (Å²) in [7, 11) is 3.16. The summed E-state index contributed by atoms with van der Waals surface area (Å²) in [6, 6.07) is 19.2. The van der Waals surface area contributed by atoms with Crippen molar-refractivity contribution in [3.63, 3.8) is 0 Å². The first-order chi connectivity index (χ1) is 16.8. The number of amides is 1. The molecule has 0 radical (unpaired) electrons. The SMILES string of the molecule is COc1cc(C(=O)N(CCCc2ccccc2C)Cc2ccc(CC(=O)O)cc2)cc(OC)c1C. The topological polar surface area (TPSA) is 76.1 Å². The van der Waals surface area contributed by atoms with Crippen LogP contribution in [0.15, 0.2) is 60.7 Å². The van der Waals surface area contributed by atoms with E-state index in [1.165, 1.54) is 11.1 Å². The predicted molar refractivity (Wildman–Crippen MR) is 136 cm³/mol. The standard InChI is InChI=1S/C29H33NO5/c1-20-8-5-6-9-24(20)10-7-15-30(19-23-13-11-22(12-14-23)16-28(31)32)29(33)25-17-26(34-3)21(2)27(18-25)35-4/h5-6,8-9,11-14,17-18H,7,10,15-16,19H2,1-4H3,(H,31,32). The van der Waals surface area contributed by atoms with E-state index in [4.69, 9.17) is 14.6 Å². The van der Waals surface area contributed by atoms with Crippen molar-refractivity contribution in [2.45, 2.75) is 39.7 Å². The summed E-state index contributed by atoms with van der Waals surface area (Å²) < 4.78 is 10.9. The maximum Gasteiger partial charge on any atom is 0.307 e. The number of carboxylic acids is 1. The van der Waals surface area contributed by atoms with Gasteiger partial charge in [-0.05, 0) is 61.1 Å². The van der Waals surface area contributed by atoms with Crippen LogP contribution in [0.4, 0.5) is 0 Å². The molecule has 0 unspecified atom stereocenters. The Bertz CT molecular complexity index is 1140. The second kappa shape index (κ2) is 12.1. The van der Waals surface area contributed by atoms with Crippen LogP contribution in [-0.2, 0) is 24.2 Å². The number of carbonyl (C=O) groups excluding carboxylic acids is 1. The number of hydrogen-bond acceptors (Lipinski definition) is 4. The molecular formula is C29H33NO5. The molecule has 3 aromatic carbocycles. The van der Waals surface area contributed by atoms with E-state index < -0.39 is 5.97 Å². The Morgan fingerprint density at radius 2 is 1.49 bits per heavy atom. The molecule has 0 aliphatic rings. The van der Waals surface area contributed by atoms with Gasteiger partial charge in [-0.1, -0.05) is 48.5 Å². The van der Waals surface area contributed by atoms with Crippen LogP contribution < -0.4 is 9.47 Å². The Kier molecular flexibility index (Phi) is 8.90. The van der Waals surface area contributed by atoms with Gasteiger partial charge >= 0.3 is 5.97 Å². The smallest absolute Gasteiger partial charge is 0.307 e. The van der Waals surface area contributed by atoms with Crippen LogP contribution >= 0.6 is 0 Å². The van der Waals surface area contributed by atoms with Gasteiger partial charge < -0.3 is 19.5 Å². The fraction of sp³-hybridized carbons (Fsp3) is 0.310. The first-order valence-electron chi connectivity index (χ1n) is 11.7. The molecule has 0 fully saturated rings. The first kappa shape index (κ1) is 25.8. The number of aryl methyl sites for hydroxylation is 2. The first-order valence-corrected chi connectivity index (χ1v) is 11.7. The zero-order valence-electron chi connectivity index (χ0n) is 20.8. The zero-order valence-corrected chi connectivity index (χ0v) is 20.8. The summed E-state index contributed by atoms with van der Waals surface area (Å²) in [6.07, 6.45) is 1.66. The van der Waals surface area contributed by atoms with Gasteiger partial charge in [0.05, 0.1) is 20.6 Å². The molecule has 184 valence electrons. The fourth-order valence-electron chi connectivity index (χ4n) is 4.15. The maximum absolute atomic E-state index is 13.7. The highest BCUT2D eigenvalue weighted by molar-refractivity contribution is 5.95. The van der Waals surface area contributed by atoms with E-state index in [2.05, 4.69) is 19.1 Å². The van der Waals surface area contributed by atoms with Crippen LogP contribution in [0.5, 0.6) is 11.5 Å². The molecule has 0 bridgehead atoms. The third kappa shape index (κ3) is 6.85. The number of ether oxygens (including phenoxy) is 2. The summed E-state index contributed by atoms with van der Waals surface area (Å²) >= 11 is 0. The minimum Gasteiger partial charge on any atom is -0.496 e. The van der Waals surface area contributed by atoms with Gasteiger partial charge in [-0.25, -0.2) is 0 Å². The summed E-state index contributed by atoms with van der Waals surface area (Å²) in [5.41, 5.74) is 5.53. The van der Waals surface area contributed by atoms with Gasteiger partial charge in [-0.2, -0.15) is 0 Å². The highest BCUT2D eigenvalue weighted by atomic mass is 16.5. The lowest BCUT2D eigenvalue weighted by atomic mass is 10.0. The average Bonchev–Trinajstić information content (AvgIpc) is 2.85. The van der Waals surface area contributed by atoms with Crippen LogP contribution in [0.3, 0.4) is 0 Å². The molecule has 6 nitrogen and oxygen atoms in total. The lowest BCUT2D eigenvalue weighted by Crippen LogP contribution is -2.32. The summed E-state index contributed by atoms with van der Waals surface area (Å²) in [4.78, 5) is 26.5. The molecule has 0 spiro atoms. The summed E-state index contributed by atoms with van der Waals surface area (Å²) in [5.74, 6) is 0.227. The van der Waals surface area contributed by atoms with Crippen LogP contribution in [-0.4, -0.2) is 42.6 Å². The minimum atomic E-state index is -0.868. The lowest BCUT2D eigenvalue weighted by Gasteiger charge is -2.24. The maximum atomic E-state index is 13.7. The molecule has 0 heterocycles. The highest BCUT2D eigenvalue weighted by Gasteiger charge is 2.20. The molecule has 0 saturated heterocycles. The van der Waals surface area contributed by atoms with Crippen LogP contribution in [0, 0.1) is 13.8 Å². The van der Waals surface area contributed by atoms with Crippen molar-refractivity contribution >= 4 is 11.9 Å². The molecule has 1 N–H and O–H groups in total. The molecule has 3 rings (SSSR count). The van der Waals surface area contributed by atoms with Gasteiger partial charge in [0.1, 0.15) is 11.5 Å². The van der Waals surface area contributed by atoms with E-state index in [0.29, 0.717) is 30.2 Å². The number of hydrogen-bond donors (Lipinski definition) is 1. The molecule has 0 atom stereocenters. The monoisotopic (exact) mass is 475 g/mol. The van der Waals surface area contributed by atoms with Crippen LogP contribution in [0.25, 0.3) is 0 Å². The van der Waals surface area contributed by atoms with E-state index in [-0.39, 0.29) is 12.3 Å². The molecule has 0 saturated carbocycles. The summed E-state index contributed by atoms with van der Waals surface area (Å²) in [6.45, 7) is 4.98. The van der Waals surface area contributed by atoms with Gasteiger partial charge in [-0.3, -0.25) is 9.59 Å². The van der Waals surface area contributed by atoms with Gasteiger partial charge in [0.2, 0.25) is 0 Å². The third-order valence-electron chi connectivity index (χ3n) is 6.17. The second-order valence-corrected chi connectivity index (χ2v) is 8.65. The van der Waals surface area contributed by atoms with Crippen molar-refractivity contribution in [2.75, 3.05) is 20.8 Å². The van der Waals surface area contributed by atoms with Crippen LogP contribution in [0.2, 0.25) is 0 Å². The van der Waals surface area contributed by atoms with E-state index >= 15 is 0 Å². The van der Waals surface area contributed by atoms with Crippen molar-refractivity contribution in [3.8, 4) is 11.5 Å². The van der Waals surface area contributed by atoms with Crippen molar-refractivity contribution in [2.24, 2.45) is 0 Å². The van der Waals surface area contributed by atoms with E-state index in [9.17, 15) is 9.59 Å². The molecule has 3 aromatic rings. The van der Waals surface area contributed by atoms with Gasteiger partial charge in [-0.15, -0.1) is 0 Å². The minimum absolute atomic E-state index is 0.0255. The Balaban J connectivity index is 1.84. The number of methoxy groups -OCH3 is 2. The number of nitrogens with zero attached hydrogens (tertiary/aromatic N) is 1. The van der Waals surface area contributed by atoms with E-state index in [1.807, 2.05) is 36.1 Å². The highest BCUT2D eigenvalue weighted by Crippen LogP contribution is 2.30. The normalized spacial score (nSPS) is 10.6. The van der Waals surface area contributed by atoms with Gasteiger partial charge in [0.25, 0.3) is 5.91 Å². The molecular weight excluding hydrogens is 442 g/mol. The Hall–Kier alpha value is -3.80. The molecule has 35 heavy (non-hydrogen) atoms. The number of rotatable bonds is 11. The summed E-state index contributed by atoms with van der Waals surface area (Å²) in [5, 5.41) is 9.02. The number of carbonyl (C=O) groups is 2. The number of carboxylic acid groups (broad SMARTS) is 1. The quantitative estimate of drug-likeness (QED) is 0.411. The van der Waals surface area contributed by atoms with Gasteiger partial charge in [0.15, 0.2) is 0 Å². The zero-order chi connectivity index (χ0) is 25.4. The van der Waals surface area contributed by atoms with E-state index in [0.717, 1.165) is 29.5 Å². The Labute approximate surface area is 207 Å². The Morgan fingerprint density at radius 3 is 2.06 bits per heavy atom. The predicted octanol–water partition coefficient (Wildman–Crippen LogP) is 5.22. The molecule has 0 aliphatic carbocycles. The van der Waals surface area contributed by atoms with Crippen molar-refractivity contribution in [1.82, 2.24) is 4.90 Å². The molecule has 6 heteroatoms. The average molecular weight is 476 g/mol. The van der Waals surface area contributed by atoms with Crippen molar-refractivity contribution < 1.29 is 24.2 Å². The second-order valence-electron chi connectivity index (χ2n) is 8.65. The van der Waals surface area contributed by atoms with Crippen LogP contribution in [0.1, 0.15) is 44.6 Å². The fourth-order valence-corrected chi connectivity index (χ4v) is 4.15. The largest absolute Gasteiger partial charge is 0.496 e. The lowest BCUT2D eigenvalue weighted by molar-refractivity contribution is -0.136. The van der Waals surface area contributed by atoms with Gasteiger partial charge in [0, 0.05) is 24.2 Å². The third-order valence-corrected chi connectivity index (χ3v) is 6.17. The number of benzene rings is 3. The molecule has 1 amide bonds. The van der Waals surface area contributed by atoms with E-state index in [1.54, 1.807) is 38.5 Å². The molecule has 0 aliphatic heterocycles.